The zero-order valence-electron chi connectivity index (χ0n) is 11.4. The maximum atomic E-state index is 13.6. The molecular weight excluding hydrogens is 241 g/mol. The smallest absolute Gasteiger partial charge is 0.411 e. The van der Waals surface area contributed by atoms with Crippen LogP contribution in [-0.2, 0) is 14.3 Å². The molecule has 0 aliphatic carbocycles. The predicted molar refractivity (Wildman–Crippen MR) is 62.9 cm³/mol. The molecule has 0 spiro atoms. The highest BCUT2D eigenvalue weighted by atomic mass is 19.1. The number of nitrogens with zero attached hydrogens (tertiary/aromatic N) is 1. The van der Waals surface area contributed by atoms with Gasteiger partial charge in [0.2, 0.25) is 0 Å². The first-order chi connectivity index (χ1) is 8.17. The van der Waals surface area contributed by atoms with Gasteiger partial charge in [-0.3, -0.25) is 4.90 Å². The van der Waals surface area contributed by atoms with E-state index >= 15 is 0 Å². The number of rotatable bonds is 1. The number of esters is 1. The number of amides is 1. The van der Waals surface area contributed by atoms with E-state index in [0.29, 0.717) is 0 Å². The third-order valence-electron chi connectivity index (χ3n) is 2.82. The quantitative estimate of drug-likeness (QED) is 0.676. The summed E-state index contributed by atoms with van der Waals surface area (Å²) in [5.41, 5.74) is -0.689. The predicted octanol–water partition coefficient (Wildman–Crippen LogP) is 1.90. The SMILES string of the molecule is COC(=O)[C@@H]1C[C@@H](F)[C@H](C)N1C(=O)OC(C)(C)C. The molecule has 0 aromatic rings. The Morgan fingerprint density at radius 1 is 1.33 bits per heavy atom. The van der Waals surface area contributed by atoms with Crippen molar-refractivity contribution in [2.75, 3.05) is 7.11 Å². The fourth-order valence-corrected chi connectivity index (χ4v) is 1.94. The second kappa shape index (κ2) is 5.12. The molecule has 1 saturated heterocycles. The van der Waals surface area contributed by atoms with Gasteiger partial charge in [0, 0.05) is 6.42 Å². The molecule has 0 N–H and O–H groups in total. The molecule has 104 valence electrons. The highest BCUT2D eigenvalue weighted by molar-refractivity contribution is 5.82. The van der Waals surface area contributed by atoms with Crippen LogP contribution in [0.25, 0.3) is 0 Å². The van der Waals surface area contributed by atoms with Crippen molar-refractivity contribution in [1.82, 2.24) is 4.90 Å². The van der Waals surface area contributed by atoms with E-state index in [0.717, 1.165) is 4.90 Å². The topological polar surface area (TPSA) is 55.8 Å². The third-order valence-corrected chi connectivity index (χ3v) is 2.82. The van der Waals surface area contributed by atoms with Crippen LogP contribution >= 0.6 is 0 Å². The zero-order chi connectivity index (χ0) is 14.1. The van der Waals surface area contributed by atoms with Crippen LogP contribution in [0.2, 0.25) is 0 Å². The van der Waals surface area contributed by atoms with Crippen LogP contribution in [0.3, 0.4) is 0 Å². The van der Waals surface area contributed by atoms with Gasteiger partial charge in [0.1, 0.15) is 17.8 Å². The number of methoxy groups -OCH3 is 1. The van der Waals surface area contributed by atoms with E-state index in [4.69, 9.17) is 4.74 Å². The maximum absolute atomic E-state index is 13.6. The summed E-state index contributed by atoms with van der Waals surface area (Å²) in [5.74, 6) is -0.618. The summed E-state index contributed by atoms with van der Waals surface area (Å²) in [7, 11) is 1.21. The van der Waals surface area contributed by atoms with Crippen LogP contribution in [0.15, 0.2) is 0 Å². The van der Waals surface area contributed by atoms with E-state index in [2.05, 4.69) is 4.74 Å². The number of hydrogen-bond acceptors (Lipinski definition) is 4. The number of carbonyl (C=O) groups is 2. The lowest BCUT2D eigenvalue weighted by Gasteiger charge is -2.30. The van der Waals surface area contributed by atoms with Gasteiger partial charge in [0.25, 0.3) is 0 Å². The molecule has 0 radical (unpaired) electrons. The number of halogens is 1. The van der Waals surface area contributed by atoms with Crippen molar-refractivity contribution in [3.05, 3.63) is 0 Å². The molecule has 1 fully saturated rings. The molecular formula is C12H20FNO4. The molecule has 5 nitrogen and oxygen atoms in total. The number of ether oxygens (including phenoxy) is 2. The molecule has 1 aliphatic rings. The molecule has 0 unspecified atom stereocenters. The Balaban J connectivity index is 2.88. The summed E-state index contributed by atoms with van der Waals surface area (Å²) in [6.07, 6.45) is -1.99. The summed E-state index contributed by atoms with van der Waals surface area (Å²) >= 11 is 0. The molecule has 0 bridgehead atoms. The van der Waals surface area contributed by atoms with Gasteiger partial charge < -0.3 is 9.47 Å². The molecule has 1 aliphatic heterocycles. The molecule has 0 saturated carbocycles. The van der Waals surface area contributed by atoms with E-state index < -0.39 is 35.9 Å². The highest BCUT2D eigenvalue weighted by Gasteiger charge is 2.47. The van der Waals surface area contributed by atoms with Crippen molar-refractivity contribution in [2.45, 2.75) is 58.0 Å². The van der Waals surface area contributed by atoms with Crippen molar-refractivity contribution in [2.24, 2.45) is 0 Å². The Morgan fingerprint density at radius 2 is 1.89 bits per heavy atom. The van der Waals surface area contributed by atoms with Gasteiger partial charge in [-0.25, -0.2) is 14.0 Å². The van der Waals surface area contributed by atoms with Crippen LogP contribution < -0.4 is 0 Å². The minimum Gasteiger partial charge on any atom is -0.467 e. The normalized spacial score (nSPS) is 28.1. The first kappa shape index (κ1) is 14.7. The van der Waals surface area contributed by atoms with Crippen LogP contribution in [0.5, 0.6) is 0 Å². The Kier molecular flexibility index (Phi) is 4.19. The molecule has 1 rings (SSSR count). The monoisotopic (exact) mass is 261 g/mol. The fraction of sp³-hybridized carbons (Fsp3) is 0.833. The molecule has 1 heterocycles. The average Bonchev–Trinajstić information content (AvgIpc) is 2.52. The van der Waals surface area contributed by atoms with E-state index in [1.807, 2.05) is 0 Å². The summed E-state index contributed by atoms with van der Waals surface area (Å²) in [6.45, 7) is 6.70. The van der Waals surface area contributed by atoms with Crippen LogP contribution in [-0.4, -0.2) is 47.9 Å². The minimum absolute atomic E-state index is 0.0485. The van der Waals surface area contributed by atoms with Crippen molar-refractivity contribution in [3.8, 4) is 0 Å². The van der Waals surface area contributed by atoms with Crippen molar-refractivity contribution >= 4 is 12.1 Å². The summed E-state index contributed by atoms with van der Waals surface area (Å²) in [6, 6.07) is -1.60. The molecule has 18 heavy (non-hydrogen) atoms. The minimum atomic E-state index is -1.25. The molecule has 3 atom stereocenters. The standard InChI is InChI=1S/C12H20FNO4/c1-7-8(13)6-9(10(15)17-5)14(7)11(16)18-12(2,3)4/h7-9H,6H2,1-5H3/t7-,8+,9-/m0/s1. The van der Waals surface area contributed by atoms with E-state index in [1.54, 1.807) is 27.7 Å². The number of likely N-dealkylation sites (tertiary alicyclic amines) is 1. The van der Waals surface area contributed by atoms with Crippen LogP contribution in [0.4, 0.5) is 9.18 Å². The lowest BCUT2D eigenvalue weighted by Crippen LogP contribution is -2.47. The van der Waals surface area contributed by atoms with Gasteiger partial charge in [-0.15, -0.1) is 0 Å². The van der Waals surface area contributed by atoms with Crippen molar-refractivity contribution in [1.29, 1.82) is 0 Å². The number of hydrogen-bond donors (Lipinski definition) is 0. The first-order valence-corrected chi connectivity index (χ1v) is 5.90. The van der Waals surface area contributed by atoms with Gasteiger partial charge in [0.15, 0.2) is 0 Å². The van der Waals surface area contributed by atoms with E-state index in [-0.39, 0.29) is 6.42 Å². The molecule has 0 aromatic carbocycles. The van der Waals surface area contributed by atoms with Crippen molar-refractivity contribution in [3.63, 3.8) is 0 Å². The number of carbonyl (C=O) groups excluding carboxylic acids is 2. The lowest BCUT2D eigenvalue weighted by atomic mass is 10.2. The summed E-state index contributed by atoms with van der Waals surface area (Å²) in [4.78, 5) is 24.7. The summed E-state index contributed by atoms with van der Waals surface area (Å²) in [5, 5.41) is 0. The van der Waals surface area contributed by atoms with Gasteiger partial charge in [-0.05, 0) is 27.7 Å². The average molecular weight is 261 g/mol. The van der Waals surface area contributed by atoms with Gasteiger partial charge >= 0.3 is 12.1 Å². The third kappa shape index (κ3) is 3.11. The Hall–Kier alpha value is -1.33. The van der Waals surface area contributed by atoms with Crippen LogP contribution in [0, 0.1) is 0 Å². The molecule has 6 heteroatoms. The molecule has 0 aromatic heterocycles. The second-order valence-corrected chi connectivity index (χ2v) is 5.42. The Labute approximate surface area is 106 Å². The largest absolute Gasteiger partial charge is 0.467 e. The molecule has 1 amide bonds. The van der Waals surface area contributed by atoms with Crippen LogP contribution in [0.1, 0.15) is 34.1 Å². The summed E-state index contributed by atoms with van der Waals surface area (Å²) < 4.78 is 23.4. The van der Waals surface area contributed by atoms with Gasteiger partial charge in [-0.2, -0.15) is 0 Å². The zero-order valence-corrected chi connectivity index (χ0v) is 11.4. The van der Waals surface area contributed by atoms with Crippen molar-refractivity contribution < 1.29 is 23.5 Å². The lowest BCUT2D eigenvalue weighted by molar-refractivity contribution is -0.146. The van der Waals surface area contributed by atoms with Gasteiger partial charge in [0.05, 0.1) is 13.2 Å². The highest BCUT2D eigenvalue weighted by Crippen LogP contribution is 2.29. The van der Waals surface area contributed by atoms with E-state index in [1.165, 1.54) is 7.11 Å². The number of alkyl halides is 1. The Bertz CT molecular complexity index is 339. The Morgan fingerprint density at radius 3 is 2.33 bits per heavy atom. The van der Waals surface area contributed by atoms with E-state index in [9.17, 15) is 14.0 Å². The maximum Gasteiger partial charge on any atom is 0.411 e. The fourth-order valence-electron chi connectivity index (χ4n) is 1.94. The second-order valence-electron chi connectivity index (χ2n) is 5.42. The first-order valence-electron chi connectivity index (χ1n) is 5.90. The van der Waals surface area contributed by atoms with Gasteiger partial charge in [-0.1, -0.05) is 0 Å².